The SMILES string of the molecule is CC.CCCCC1CC(C)=CCC1CC. The Hall–Kier alpha value is -0.260. The van der Waals surface area contributed by atoms with Crippen LogP contribution in [0.4, 0.5) is 0 Å². The van der Waals surface area contributed by atoms with Crippen LogP contribution in [-0.4, -0.2) is 0 Å². The molecule has 0 bridgehead atoms. The summed E-state index contributed by atoms with van der Waals surface area (Å²) in [5.74, 6) is 1.98. The molecule has 0 N–H and O–H groups in total. The highest BCUT2D eigenvalue weighted by Gasteiger charge is 2.22. The second-order valence-electron chi connectivity index (χ2n) is 4.56. The fourth-order valence-corrected chi connectivity index (χ4v) is 2.51. The van der Waals surface area contributed by atoms with Crippen molar-refractivity contribution >= 4 is 0 Å². The molecule has 0 radical (unpaired) electrons. The van der Waals surface area contributed by atoms with E-state index in [9.17, 15) is 0 Å². The lowest BCUT2D eigenvalue weighted by Gasteiger charge is -2.29. The molecular formula is C15H30. The molecular weight excluding hydrogens is 180 g/mol. The maximum Gasteiger partial charge on any atom is -0.0292 e. The fraction of sp³-hybridized carbons (Fsp3) is 0.867. The molecule has 1 aliphatic carbocycles. The van der Waals surface area contributed by atoms with Gasteiger partial charge in [-0.3, -0.25) is 0 Å². The lowest BCUT2D eigenvalue weighted by molar-refractivity contribution is 0.282. The summed E-state index contributed by atoms with van der Waals surface area (Å²) in [7, 11) is 0. The molecule has 0 fully saturated rings. The molecule has 2 unspecified atom stereocenters. The maximum atomic E-state index is 2.45. The van der Waals surface area contributed by atoms with Crippen LogP contribution in [0.25, 0.3) is 0 Å². The molecule has 0 aromatic heterocycles. The van der Waals surface area contributed by atoms with Crippen LogP contribution in [-0.2, 0) is 0 Å². The van der Waals surface area contributed by atoms with Crippen LogP contribution in [0.15, 0.2) is 11.6 Å². The van der Waals surface area contributed by atoms with Crippen molar-refractivity contribution in [3.05, 3.63) is 11.6 Å². The Morgan fingerprint density at radius 3 is 2.40 bits per heavy atom. The van der Waals surface area contributed by atoms with Gasteiger partial charge in [0.1, 0.15) is 0 Å². The lowest BCUT2D eigenvalue weighted by atomic mass is 9.76. The summed E-state index contributed by atoms with van der Waals surface area (Å²) in [5, 5.41) is 0. The van der Waals surface area contributed by atoms with Crippen LogP contribution >= 0.6 is 0 Å². The number of allylic oxidation sites excluding steroid dienone is 2. The highest BCUT2D eigenvalue weighted by atomic mass is 14.3. The fourth-order valence-electron chi connectivity index (χ4n) is 2.51. The Kier molecular flexibility index (Phi) is 8.85. The summed E-state index contributed by atoms with van der Waals surface area (Å²) < 4.78 is 0. The summed E-state index contributed by atoms with van der Waals surface area (Å²) >= 11 is 0. The molecule has 0 aromatic rings. The maximum absolute atomic E-state index is 2.45. The first-order chi connectivity index (χ1) is 7.27. The molecule has 15 heavy (non-hydrogen) atoms. The summed E-state index contributed by atoms with van der Waals surface area (Å²) in [5.41, 5.74) is 1.63. The molecule has 0 aromatic carbocycles. The second kappa shape index (κ2) is 9.00. The van der Waals surface area contributed by atoms with Gasteiger partial charge in [0.2, 0.25) is 0 Å². The molecule has 1 aliphatic rings. The number of unbranched alkanes of at least 4 members (excludes halogenated alkanes) is 1. The number of hydrogen-bond acceptors (Lipinski definition) is 0. The van der Waals surface area contributed by atoms with E-state index in [0.29, 0.717) is 0 Å². The van der Waals surface area contributed by atoms with Gasteiger partial charge >= 0.3 is 0 Å². The Bertz CT molecular complexity index is 167. The van der Waals surface area contributed by atoms with E-state index >= 15 is 0 Å². The van der Waals surface area contributed by atoms with Crippen molar-refractivity contribution in [3.63, 3.8) is 0 Å². The summed E-state index contributed by atoms with van der Waals surface area (Å²) in [6, 6.07) is 0. The summed E-state index contributed by atoms with van der Waals surface area (Å²) in [6.07, 6.45) is 10.8. The van der Waals surface area contributed by atoms with Crippen molar-refractivity contribution in [1.29, 1.82) is 0 Å². The molecule has 0 nitrogen and oxygen atoms in total. The molecule has 0 spiro atoms. The van der Waals surface area contributed by atoms with Crippen LogP contribution in [0.5, 0.6) is 0 Å². The average molecular weight is 210 g/mol. The van der Waals surface area contributed by atoms with Crippen LogP contribution in [0.1, 0.15) is 73.1 Å². The Morgan fingerprint density at radius 1 is 1.20 bits per heavy atom. The minimum atomic E-state index is 0.982. The molecule has 0 amide bonds. The van der Waals surface area contributed by atoms with E-state index in [1.165, 1.54) is 38.5 Å². The predicted molar refractivity (Wildman–Crippen MR) is 71.1 cm³/mol. The Balaban J connectivity index is 0.000000921. The zero-order valence-electron chi connectivity index (χ0n) is 11.5. The van der Waals surface area contributed by atoms with E-state index in [1.54, 1.807) is 5.57 Å². The van der Waals surface area contributed by atoms with Gasteiger partial charge in [-0.05, 0) is 38.0 Å². The van der Waals surface area contributed by atoms with Gasteiger partial charge < -0.3 is 0 Å². The Morgan fingerprint density at radius 2 is 1.87 bits per heavy atom. The van der Waals surface area contributed by atoms with Gasteiger partial charge in [-0.2, -0.15) is 0 Å². The van der Waals surface area contributed by atoms with Crippen molar-refractivity contribution < 1.29 is 0 Å². The smallest absolute Gasteiger partial charge is 0.0292 e. The first kappa shape index (κ1) is 14.7. The third-order valence-electron chi connectivity index (χ3n) is 3.47. The third kappa shape index (κ3) is 5.39. The highest BCUT2D eigenvalue weighted by molar-refractivity contribution is 5.05. The molecule has 0 saturated carbocycles. The van der Waals surface area contributed by atoms with Gasteiger partial charge in [-0.25, -0.2) is 0 Å². The van der Waals surface area contributed by atoms with E-state index in [0.717, 1.165) is 11.8 Å². The van der Waals surface area contributed by atoms with Gasteiger partial charge in [-0.1, -0.05) is 58.6 Å². The monoisotopic (exact) mass is 210 g/mol. The Labute approximate surface area is 97.2 Å². The molecule has 90 valence electrons. The standard InChI is InChI=1S/C13H24.C2H6/c1-4-6-7-13-10-11(3)8-9-12(13)5-2;1-2/h8,12-13H,4-7,9-10H2,1-3H3;1-2H3. The van der Waals surface area contributed by atoms with Gasteiger partial charge in [0.05, 0.1) is 0 Å². The van der Waals surface area contributed by atoms with E-state index in [4.69, 9.17) is 0 Å². The molecule has 2 atom stereocenters. The van der Waals surface area contributed by atoms with Gasteiger partial charge in [0.25, 0.3) is 0 Å². The van der Waals surface area contributed by atoms with Gasteiger partial charge in [0, 0.05) is 0 Å². The van der Waals surface area contributed by atoms with E-state index in [-0.39, 0.29) is 0 Å². The van der Waals surface area contributed by atoms with Crippen LogP contribution in [0.3, 0.4) is 0 Å². The van der Waals surface area contributed by atoms with Crippen LogP contribution in [0.2, 0.25) is 0 Å². The van der Waals surface area contributed by atoms with Crippen molar-refractivity contribution in [2.75, 3.05) is 0 Å². The van der Waals surface area contributed by atoms with Crippen molar-refractivity contribution in [1.82, 2.24) is 0 Å². The van der Waals surface area contributed by atoms with Crippen LogP contribution in [0, 0.1) is 11.8 Å². The molecule has 0 saturated heterocycles. The number of rotatable bonds is 4. The van der Waals surface area contributed by atoms with Crippen molar-refractivity contribution in [2.45, 2.75) is 73.1 Å². The topological polar surface area (TPSA) is 0 Å². The first-order valence-corrected chi connectivity index (χ1v) is 6.93. The van der Waals surface area contributed by atoms with E-state index in [2.05, 4.69) is 26.8 Å². The average Bonchev–Trinajstić information content (AvgIpc) is 2.29. The molecule has 0 heterocycles. The summed E-state index contributed by atoms with van der Waals surface area (Å²) in [6.45, 7) is 10.9. The zero-order chi connectivity index (χ0) is 11.7. The van der Waals surface area contributed by atoms with Crippen molar-refractivity contribution in [2.24, 2.45) is 11.8 Å². The third-order valence-corrected chi connectivity index (χ3v) is 3.47. The van der Waals surface area contributed by atoms with Crippen molar-refractivity contribution in [3.8, 4) is 0 Å². The lowest BCUT2D eigenvalue weighted by Crippen LogP contribution is -2.17. The largest absolute Gasteiger partial charge is 0.0853 e. The van der Waals surface area contributed by atoms with Gasteiger partial charge in [-0.15, -0.1) is 0 Å². The molecule has 0 aliphatic heterocycles. The zero-order valence-corrected chi connectivity index (χ0v) is 11.5. The van der Waals surface area contributed by atoms with Crippen LogP contribution < -0.4 is 0 Å². The highest BCUT2D eigenvalue weighted by Crippen LogP contribution is 2.34. The summed E-state index contributed by atoms with van der Waals surface area (Å²) in [4.78, 5) is 0. The normalized spacial score (nSPS) is 25.3. The van der Waals surface area contributed by atoms with Gasteiger partial charge in [0.15, 0.2) is 0 Å². The molecule has 0 heteroatoms. The second-order valence-corrected chi connectivity index (χ2v) is 4.56. The first-order valence-electron chi connectivity index (χ1n) is 6.93. The quantitative estimate of drug-likeness (QED) is 0.531. The van der Waals surface area contributed by atoms with E-state index < -0.39 is 0 Å². The van der Waals surface area contributed by atoms with E-state index in [1.807, 2.05) is 13.8 Å². The molecule has 1 rings (SSSR count). The minimum absolute atomic E-state index is 0.982. The predicted octanol–water partition coefficient (Wildman–Crippen LogP) is 5.59. The minimum Gasteiger partial charge on any atom is -0.0853 e. The number of hydrogen-bond donors (Lipinski definition) is 0.